The second kappa shape index (κ2) is 7.76. The van der Waals surface area contributed by atoms with E-state index in [1.54, 1.807) is 24.3 Å². The zero-order valence-electron chi connectivity index (χ0n) is 9.61. The van der Waals surface area contributed by atoms with Crippen molar-refractivity contribution in [2.45, 2.75) is 12.8 Å². The summed E-state index contributed by atoms with van der Waals surface area (Å²) in [7, 11) is -2.29. The lowest BCUT2D eigenvalue weighted by molar-refractivity contribution is -0.136. The van der Waals surface area contributed by atoms with Gasteiger partial charge >= 0.3 is 14.2 Å². The zero-order chi connectivity index (χ0) is 13.4. The Balaban J connectivity index is 2.44. The van der Waals surface area contributed by atoms with Crippen molar-refractivity contribution < 1.29 is 28.6 Å². The first-order valence-corrected chi connectivity index (χ1v) is 6.41. The first-order chi connectivity index (χ1) is 8.61. The van der Waals surface area contributed by atoms with E-state index in [9.17, 15) is 9.36 Å². The number of aliphatic hydroxyl groups is 1. The molecule has 1 aromatic rings. The van der Waals surface area contributed by atoms with Crippen LogP contribution in [0.15, 0.2) is 24.3 Å². The maximum Gasteiger partial charge on any atom is 0.750 e. The number of carbonyl (C=O) groups is 1. The molecular formula is C11H14O6P+. The standard InChI is InChI=1S/C11H13O6P/c12-7-8-16-18(15)17-10-4-1-9(2-5-10)3-6-11(13)14/h1-2,4-5,12H,3,6-8H2/p+1. The maximum atomic E-state index is 11.2. The molecular weight excluding hydrogens is 259 g/mol. The van der Waals surface area contributed by atoms with Gasteiger partial charge in [0.2, 0.25) is 0 Å². The minimum Gasteiger partial charge on any atom is -0.481 e. The molecule has 0 bridgehead atoms. The van der Waals surface area contributed by atoms with Crippen molar-refractivity contribution in [2.75, 3.05) is 13.2 Å². The van der Waals surface area contributed by atoms with Crippen molar-refractivity contribution in [2.24, 2.45) is 0 Å². The third-order valence-corrected chi connectivity index (χ3v) is 2.77. The summed E-state index contributed by atoms with van der Waals surface area (Å²) in [4.78, 5) is 10.4. The number of carboxylic acid groups (broad SMARTS) is 1. The minimum atomic E-state index is -2.29. The fourth-order valence-electron chi connectivity index (χ4n) is 1.20. The van der Waals surface area contributed by atoms with Gasteiger partial charge in [-0.05, 0) is 24.1 Å². The summed E-state index contributed by atoms with van der Waals surface area (Å²) in [6.45, 7) is -0.273. The van der Waals surface area contributed by atoms with Crippen molar-refractivity contribution >= 4 is 14.2 Å². The lowest BCUT2D eigenvalue weighted by Gasteiger charge is -1.98. The van der Waals surface area contributed by atoms with Crippen LogP contribution in [0, 0.1) is 0 Å². The summed E-state index contributed by atoms with van der Waals surface area (Å²) in [5.74, 6) is -0.482. The molecule has 0 amide bonds. The Morgan fingerprint density at radius 1 is 1.28 bits per heavy atom. The monoisotopic (exact) mass is 273 g/mol. The topological polar surface area (TPSA) is 93.1 Å². The molecule has 0 radical (unpaired) electrons. The Labute approximate surface area is 105 Å². The van der Waals surface area contributed by atoms with Gasteiger partial charge in [-0.2, -0.15) is 0 Å². The van der Waals surface area contributed by atoms with Crippen LogP contribution in [-0.2, 0) is 20.3 Å². The van der Waals surface area contributed by atoms with E-state index in [1.165, 1.54) is 0 Å². The first kappa shape index (κ1) is 14.6. The highest BCUT2D eigenvalue weighted by molar-refractivity contribution is 7.33. The van der Waals surface area contributed by atoms with Gasteiger partial charge in [-0.25, -0.2) is 4.52 Å². The zero-order valence-corrected chi connectivity index (χ0v) is 10.5. The number of aliphatic hydroxyl groups excluding tert-OH is 1. The molecule has 98 valence electrons. The Morgan fingerprint density at radius 3 is 2.50 bits per heavy atom. The summed E-state index contributed by atoms with van der Waals surface area (Å²) in [5.41, 5.74) is 0.858. The predicted molar refractivity (Wildman–Crippen MR) is 63.7 cm³/mol. The average molecular weight is 273 g/mol. The molecule has 1 rings (SSSR count). The molecule has 0 aliphatic heterocycles. The number of aryl methyl sites for hydroxylation is 1. The molecule has 0 saturated carbocycles. The number of hydrogen-bond acceptors (Lipinski definition) is 5. The molecule has 6 nitrogen and oxygen atoms in total. The molecule has 0 spiro atoms. The van der Waals surface area contributed by atoms with Crippen LogP contribution in [0.2, 0.25) is 0 Å². The lowest BCUT2D eigenvalue weighted by Crippen LogP contribution is -1.97. The second-order valence-electron chi connectivity index (χ2n) is 3.41. The molecule has 1 atom stereocenters. The molecule has 1 unspecified atom stereocenters. The maximum absolute atomic E-state index is 11.2. The van der Waals surface area contributed by atoms with E-state index in [0.717, 1.165) is 5.56 Å². The lowest BCUT2D eigenvalue weighted by atomic mass is 10.1. The Hall–Kier alpha value is -1.49. The quantitative estimate of drug-likeness (QED) is 0.701. The van der Waals surface area contributed by atoms with Crippen LogP contribution >= 0.6 is 8.25 Å². The highest BCUT2D eigenvalue weighted by atomic mass is 31.1. The van der Waals surface area contributed by atoms with Crippen molar-refractivity contribution in [1.29, 1.82) is 0 Å². The SMILES string of the molecule is O=C(O)CCc1ccc(O[P+](=O)OCCO)cc1. The number of rotatable bonds is 8. The Kier molecular flexibility index (Phi) is 6.28. The molecule has 0 aliphatic carbocycles. The second-order valence-corrected chi connectivity index (χ2v) is 4.30. The van der Waals surface area contributed by atoms with Crippen LogP contribution in [0.3, 0.4) is 0 Å². The molecule has 1 aromatic carbocycles. The molecule has 0 fully saturated rings. The van der Waals surface area contributed by atoms with E-state index in [1.807, 2.05) is 0 Å². The summed E-state index contributed by atoms with van der Waals surface area (Å²) in [6.07, 6.45) is 0.497. The third-order valence-electron chi connectivity index (χ3n) is 2.02. The molecule has 2 N–H and O–H groups in total. The molecule has 0 aromatic heterocycles. The Morgan fingerprint density at radius 2 is 1.94 bits per heavy atom. The Bertz CT molecular complexity index is 402. The van der Waals surface area contributed by atoms with Crippen molar-refractivity contribution in [3.8, 4) is 5.75 Å². The van der Waals surface area contributed by atoms with Gasteiger partial charge in [0.05, 0.1) is 6.61 Å². The number of hydrogen-bond donors (Lipinski definition) is 2. The summed E-state index contributed by atoms with van der Waals surface area (Å²) in [6, 6.07) is 6.58. The van der Waals surface area contributed by atoms with Crippen LogP contribution in [0.5, 0.6) is 5.75 Å². The smallest absolute Gasteiger partial charge is 0.481 e. The van der Waals surface area contributed by atoms with Gasteiger partial charge in [-0.1, -0.05) is 12.1 Å². The van der Waals surface area contributed by atoms with E-state index < -0.39 is 14.2 Å². The van der Waals surface area contributed by atoms with E-state index >= 15 is 0 Å². The van der Waals surface area contributed by atoms with E-state index in [2.05, 4.69) is 4.52 Å². The molecule has 0 aliphatic rings. The van der Waals surface area contributed by atoms with Gasteiger partial charge in [0, 0.05) is 11.0 Å². The van der Waals surface area contributed by atoms with Gasteiger partial charge in [-0.3, -0.25) is 4.79 Å². The van der Waals surface area contributed by atoms with Crippen LogP contribution in [0.25, 0.3) is 0 Å². The van der Waals surface area contributed by atoms with Gasteiger partial charge in [0.1, 0.15) is 6.61 Å². The minimum absolute atomic E-state index is 0.0497. The van der Waals surface area contributed by atoms with Crippen LogP contribution < -0.4 is 4.52 Å². The van der Waals surface area contributed by atoms with E-state index in [0.29, 0.717) is 12.2 Å². The number of carboxylic acids is 1. The van der Waals surface area contributed by atoms with Crippen LogP contribution in [-0.4, -0.2) is 29.4 Å². The van der Waals surface area contributed by atoms with Crippen LogP contribution in [0.4, 0.5) is 0 Å². The van der Waals surface area contributed by atoms with Gasteiger partial charge in [-0.15, -0.1) is 4.52 Å². The van der Waals surface area contributed by atoms with E-state index in [4.69, 9.17) is 14.7 Å². The van der Waals surface area contributed by atoms with Crippen molar-refractivity contribution in [3.05, 3.63) is 29.8 Å². The van der Waals surface area contributed by atoms with Gasteiger partial charge in [0.15, 0.2) is 5.75 Å². The van der Waals surface area contributed by atoms with Gasteiger partial charge in [0.25, 0.3) is 0 Å². The predicted octanol–water partition coefficient (Wildman–Crippen LogP) is 1.75. The van der Waals surface area contributed by atoms with Crippen molar-refractivity contribution in [3.63, 3.8) is 0 Å². The normalized spacial score (nSPS) is 11.1. The molecule has 18 heavy (non-hydrogen) atoms. The molecule has 0 heterocycles. The third kappa shape index (κ3) is 5.72. The van der Waals surface area contributed by atoms with Crippen molar-refractivity contribution in [1.82, 2.24) is 0 Å². The van der Waals surface area contributed by atoms with Crippen LogP contribution in [0.1, 0.15) is 12.0 Å². The number of benzene rings is 1. The van der Waals surface area contributed by atoms with E-state index in [-0.39, 0.29) is 19.6 Å². The highest BCUT2D eigenvalue weighted by Gasteiger charge is 2.21. The van der Waals surface area contributed by atoms with Gasteiger partial charge < -0.3 is 10.2 Å². The first-order valence-electron chi connectivity index (χ1n) is 5.31. The summed E-state index contributed by atoms with van der Waals surface area (Å²) in [5, 5.41) is 17.0. The molecule has 0 saturated heterocycles. The number of aliphatic carboxylic acids is 1. The average Bonchev–Trinajstić information content (AvgIpc) is 2.35. The fourth-order valence-corrected chi connectivity index (χ4v) is 1.77. The largest absolute Gasteiger partial charge is 0.750 e. The molecule has 7 heteroatoms. The summed E-state index contributed by atoms with van der Waals surface area (Å²) < 4.78 is 20.8. The highest BCUT2D eigenvalue weighted by Crippen LogP contribution is 2.27. The fraction of sp³-hybridized carbons (Fsp3) is 0.364. The summed E-state index contributed by atoms with van der Waals surface area (Å²) >= 11 is 0.